The van der Waals surface area contributed by atoms with Gasteiger partial charge in [-0.1, -0.05) is 56.3 Å². The van der Waals surface area contributed by atoms with Crippen LogP contribution in [0.5, 0.6) is 5.75 Å². The number of carboxylic acids is 1. The van der Waals surface area contributed by atoms with E-state index in [-0.39, 0.29) is 21.4 Å². The van der Waals surface area contributed by atoms with Gasteiger partial charge in [-0.3, -0.25) is 0 Å². The number of benzene rings is 1. The number of rotatable bonds is 8. The standard InChI is InChI=1S/C15H20Cl2O3/c1-3-5-6-10(4-2)9-20-14-12(15(18)19)7-11(16)8-13(14)17/h7-8,10H,3-6,9H2,1-2H3,(H,18,19). The van der Waals surface area contributed by atoms with Crippen LogP contribution in [0.1, 0.15) is 49.9 Å². The van der Waals surface area contributed by atoms with Crippen molar-refractivity contribution >= 4 is 29.2 Å². The molecule has 1 N–H and O–H groups in total. The summed E-state index contributed by atoms with van der Waals surface area (Å²) < 4.78 is 5.66. The molecule has 0 aromatic heterocycles. The third-order valence-corrected chi connectivity index (χ3v) is 3.74. The van der Waals surface area contributed by atoms with E-state index >= 15 is 0 Å². The summed E-state index contributed by atoms with van der Waals surface area (Å²) >= 11 is 11.9. The van der Waals surface area contributed by atoms with E-state index in [1.54, 1.807) is 0 Å². The second-order valence-corrected chi connectivity index (χ2v) is 5.64. The SMILES string of the molecule is CCCCC(CC)COc1c(Cl)cc(Cl)cc1C(=O)O. The van der Waals surface area contributed by atoms with Crippen LogP contribution < -0.4 is 4.74 Å². The quantitative estimate of drug-likeness (QED) is 0.708. The first-order chi connectivity index (χ1) is 9.49. The van der Waals surface area contributed by atoms with Crippen LogP contribution in [0.4, 0.5) is 0 Å². The molecule has 1 aromatic carbocycles. The number of hydrogen-bond acceptors (Lipinski definition) is 2. The highest BCUT2D eigenvalue weighted by atomic mass is 35.5. The number of aromatic carboxylic acids is 1. The van der Waals surface area contributed by atoms with Crippen molar-refractivity contribution < 1.29 is 14.6 Å². The Morgan fingerprint density at radius 3 is 2.60 bits per heavy atom. The lowest BCUT2D eigenvalue weighted by Crippen LogP contribution is -2.13. The molecule has 0 aliphatic rings. The highest BCUT2D eigenvalue weighted by molar-refractivity contribution is 6.36. The lowest BCUT2D eigenvalue weighted by atomic mass is 10.0. The van der Waals surface area contributed by atoms with Crippen molar-refractivity contribution in [1.29, 1.82) is 0 Å². The summed E-state index contributed by atoms with van der Waals surface area (Å²) in [7, 11) is 0. The zero-order chi connectivity index (χ0) is 15.1. The minimum Gasteiger partial charge on any atom is -0.491 e. The van der Waals surface area contributed by atoms with Crippen LogP contribution in [0.3, 0.4) is 0 Å². The molecule has 0 heterocycles. The number of carbonyl (C=O) groups is 1. The van der Waals surface area contributed by atoms with Gasteiger partial charge in [0.05, 0.1) is 11.6 Å². The Bertz CT molecular complexity index is 461. The van der Waals surface area contributed by atoms with Gasteiger partial charge in [-0.05, 0) is 24.5 Å². The maximum absolute atomic E-state index is 11.2. The molecular formula is C15H20Cl2O3. The van der Waals surface area contributed by atoms with Crippen LogP contribution in [-0.2, 0) is 0 Å². The average Bonchev–Trinajstić information content (AvgIpc) is 2.40. The topological polar surface area (TPSA) is 46.5 Å². The third kappa shape index (κ3) is 4.88. The summed E-state index contributed by atoms with van der Waals surface area (Å²) in [6, 6.07) is 2.86. The molecule has 3 nitrogen and oxygen atoms in total. The average molecular weight is 319 g/mol. The van der Waals surface area contributed by atoms with Gasteiger partial charge in [0, 0.05) is 5.02 Å². The Balaban J connectivity index is 2.83. The Labute approximate surface area is 129 Å². The number of halogens is 2. The molecule has 112 valence electrons. The Hall–Kier alpha value is -0.930. The molecular weight excluding hydrogens is 299 g/mol. The summed E-state index contributed by atoms with van der Waals surface area (Å²) in [5.41, 5.74) is 0.00726. The normalized spacial score (nSPS) is 12.2. The lowest BCUT2D eigenvalue weighted by Gasteiger charge is -2.17. The molecule has 1 rings (SSSR count). The molecule has 0 saturated carbocycles. The first-order valence-electron chi connectivity index (χ1n) is 6.84. The van der Waals surface area contributed by atoms with Gasteiger partial charge in [0.25, 0.3) is 0 Å². The van der Waals surface area contributed by atoms with Crippen LogP contribution in [0, 0.1) is 5.92 Å². The largest absolute Gasteiger partial charge is 0.491 e. The lowest BCUT2D eigenvalue weighted by molar-refractivity contribution is 0.0691. The van der Waals surface area contributed by atoms with Gasteiger partial charge in [-0.25, -0.2) is 4.79 Å². The molecule has 1 atom stereocenters. The number of ether oxygens (including phenoxy) is 1. The van der Waals surface area contributed by atoms with Crippen molar-refractivity contribution in [2.45, 2.75) is 39.5 Å². The predicted octanol–water partition coefficient (Wildman–Crippen LogP) is 5.29. The highest BCUT2D eigenvalue weighted by Gasteiger charge is 2.18. The molecule has 0 radical (unpaired) electrons. The first-order valence-corrected chi connectivity index (χ1v) is 7.60. The van der Waals surface area contributed by atoms with Crippen molar-refractivity contribution in [2.75, 3.05) is 6.61 Å². The van der Waals surface area contributed by atoms with E-state index in [1.165, 1.54) is 12.1 Å². The molecule has 0 amide bonds. The molecule has 0 bridgehead atoms. The van der Waals surface area contributed by atoms with Crippen LogP contribution >= 0.6 is 23.2 Å². The number of unbranched alkanes of at least 4 members (excludes halogenated alkanes) is 1. The summed E-state index contributed by atoms with van der Waals surface area (Å²) in [5, 5.41) is 9.71. The molecule has 0 saturated heterocycles. The summed E-state index contributed by atoms with van der Waals surface area (Å²) in [6.45, 7) is 4.72. The molecule has 5 heteroatoms. The smallest absolute Gasteiger partial charge is 0.339 e. The van der Waals surface area contributed by atoms with E-state index in [1.807, 2.05) is 0 Å². The predicted molar refractivity (Wildman–Crippen MR) is 82.2 cm³/mol. The minimum absolute atomic E-state index is 0.00726. The fraction of sp³-hybridized carbons (Fsp3) is 0.533. The molecule has 0 fully saturated rings. The highest BCUT2D eigenvalue weighted by Crippen LogP contribution is 2.33. The third-order valence-electron chi connectivity index (χ3n) is 3.25. The van der Waals surface area contributed by atoms with E-state index in [2.05, 4.69) is 13.8 Å². The fourth-order valence-electron chi connectivity index (χ4n) is 1.97. The summed E-state index contributed by atoms with van der Waals surface area (Å²) in [6.07, 6.45) is 4.34. The van der Waals surface area contributed by atoms with Gasteiger partial charge in [0.15, 0.2) is 5.75 Å². The fourth-order valence-corrected chi connectivity index (χ4v) is 2.51. The Morgan fingerprint density at radius 2 is 2.05 bits per heavy atom. The van der Waals surface area contributed by atoms with Crippen LogP contribution in [0.15, 0.2) is 12.1 Å². The maximum Gasteiger partial charge on any atom is 0.339 e. The van der Waals surface area contributed by atoms with E-state index in [0.717, 1.165) is 25.7 Å². The molecule has 20 heavy (non-hydrogen) atoms. The van der Waals surface area contributed by atoms with E-state index in [4.69, 9.17) is 27.9 Å². The van der Waals surface area contributed by atoms with Crippen LogP contribution in [-0.4, -0.2) is 17.7 Å². The second-order valence-electron chi connectivity index (χ2n) is 4.80. The minimum atomic E-state index is -1.09. The Morgan fingerprint density at radius 1 is 1.35 bits per heavy atom. The molecule has 0 aliphatic heterocycles. The molecule has 0 spiro atoms. The van der Waals surface area contributed by atoms with Crippen molar-refractivity contribution in [3.8, 4) is 5.75 Å². The van der Waals surface area contributed by atoms with Crippen LogP contribution in [0.25, 0.3) is 0 Å². The number of hydrogen-bond donors (Lipinski definition) is 1. The van der Waals surface area contributed by atoms with Gasteiger partial charge < -0.3 is 9.84 Å². The second kappa shape index (κ2) is 8.38. The monoisotopic (exact) mass is 318 g/mol. The zero-order valence-electron chi connectivity index (χ0n) is 11.8. The van der Waals surface area contributed by atoms with Crippen molar-refractivity contribution in [1.82, 2.24) is 0 Å². The summed E-state index contributed by atoms with van der Waals surface area (Å²) in [5.74, 6) is -0.479. The van der Waals surface area contributed by atoms with Gasteiger partial charge in [0.1, 0.15) is 5.56 Å². The van der Waals surface area contributed by atoms with Crippen molar-refractivity contribution in [2.24, 2.45) is 5.92 Å². The van der Waals surface area contributed by atoms with E-state index in [9.17, 15) is 9.90 Å². The maximum atomic E-state index is 11.2. The first kappa shape index (κ1) is 17.1. The van der Waals surface area contributed by atoms with Crippen molar-refractivity contribution in [3.05, 3.63) is 27.7 Å². The van der Waals surface area contributed by atoms with Crippen molar-refractivity contribution in [3.63, 3.8) is 0 Å². The van der Waals surface area contributed by atoms with Gasteiger partial charge >= 0.3 is 5.97 Å². The van der Waals surface area contributed by atoms with Gasteiger partial charge in [0.2, 0.25) is 0 Å². The van der Waals surface area contributed by atoms with Gasteiger partial charge in [-0.15, -0.1) is 0 Å². The molecule has 1 unspecified atom stereocenters. The number of carboxylic acid groups (broad SMARTS) is 1. The zero-order valence-corrected chi connectivity index (χ0v) is 13.3. The summed E-state index contributed by atoms with van der Waals surface area (Å²) in [4.78, 5) is 11.2. The van der Waals surface area contributed by atoms with Crippen LogP contribution in [0.2, 0.25) is 10.0 Å². The molecule has 1 aromatic rings. The van der Waals surface area contributed by atoms with Gasteiger partial charge in [-0.2, -0.15) is 0 Å². The molecule has 0 aliphatic carbocycles. The van der Waals surface area contributed by atoms with E-state index in [0.29, 0.717) is 12.5 Å². The van der Waals surface area contributed by atoms with E-state index < -0.39 is 5.97 Å². The Kier molecular flexibility index (Phi) is 7.17.